The van der Waals surface area contributed by atoms with Gasteiger partial charge in [-0.25, -0.2) is 4.39 Å². The van der Waals surface area contributed by atoms with Crippen LogP contribution in [0.15, 0.2) is 24.4 Å². The zero-order chi connectivity index (χ0) is 14.7. The van der Waals surface area contributed by atoms with E-state index in [1.807, 2.05) is 0 Å². The number of halogens is 1. The summed E-state index contributed by atoms with van der Waals surface area (Å²) in [6.45, 7) is 0. The summed E-state index contributed by atoms with van der Waals surface area (Å²) in [7, 11) is 0. The SMILES string of the molecule is O=Cc1cn(C(=O)CCCC(=O)O)c2ccc(F)cc12. The van der Waals surface area contributed by atoms with E-state index >= 15 is 0 Å². The maximum absolute atomic E-state index is 13.2. The summed E-state index contributed by atoms with van der Waals surface area (Å²) in [6, 6.07) is 3.82. The van der Waals surface area contributed by atoms with Crippen LogP contribution < -0.4 is 0 Å². The molecular formula is C14H12FNO4. The molecule has 0 saturated heterocycles. The summed E-state index contributed by atoms with van der Waals surface area (Å²) >= 11 is 0. The molecule has 0 aliphatic carbocycles. The number of hydrogen-bond acceptors (Lipinski definition) is 3. The van der Waals surface area contributed by atoms with Crippen molar-refractivity contribution in [2.75, 3.05) is 0 Å². The lowest BCUT2D eigenvalue weighted by atomic mass is 10.2. The monoisotopic (exact) mass is 277 g/mol. The number of carbonyl (C=O) groups is 3. The van der Waals surface area contributed by atoms with Crippen molar-refractivity contribution in [2.24, 2.45) is 0 Å². The number of carbonyl (C=O) groups excluding carboxylic acids is 2. The molecule has 5 nitrogen and oxygen atoms in total. The van der Waals surface area contributed by atoms with Crippen molar-refractivity contribution in [2.45, 2.75) is 19.3 Å². The first-order valence-corrected chi connectivity index (χ1v) is 6.03. The summed E-state index contributed by atoms with van der Waals surface area (Å²) in [6.07, 6.45) is 2.07. The third kappa shape index (κ3) is 2.74. The molecule has 0 unspecified atom stereocenters. The van der Waals surface area contributed by atoms with Crippen LogP contribution in [-0.4, -0.2) is 27.8 Å². The molecule has 104 valence electrons. The molecule has 0 saturated carbocycles. The standard InChI is InChI=1S/C14H12FNO4/c15-10-4-5-12-11(6-10)9(8-17)7-16(12)13(18)2-1-3-14(19)20/h4-8H,1-3H2,(H,19,20). The van der Waals surface area contributed by atoms with Crippen LogP contribution in [0.25, 0.3) is 10.9 Å². The number of hydrogen-bond donors (Lipinski definition) is 1. The fourth-order valence-corrected chi connectivity index (χ4v) is 2.04. The average Bonchev–Trinajstić information content (AvgIpc) is 2.76. The molecule has 0 spiro atoms. The first-order chi connectivity index (χ1) is 9.52. The van der Waals surface area contributed by atoms with Crippen LogP contribution >= 0.6 is 0 Å². The largest absolute Gasteiger partial charge is 0.481 e. The molecule has 20 heavy (non-hydrogen) atoms. The van der Waals surface area contributed by atoms with E-state index in [0.717, 1.165) is 0 Å². The number of fused-ring (bicyclic) bond motifs is 1. The Morgan fingerprint density at radius 2 is 2.05 bits per heavy atom. The first kappa shape index (κ1) is 13.9. The van der Waals surface area contributed by atoms with E-state index in [2.05, 4.69) is 0 Å². The molecule has 0 radical (unpaired) electrons. The van der Waals surface area contributed by atoms with E-state index in [4.69, 9.17) is 5.11 Å². The molecule has 2 rings (SSSR count). The number of aromatic nitrogens is 1. The van der Waals surface area contributed by atoms with Gasteiger partial charge in [0.05, 0.1) is 5.52 Å². The number of aliphatic carboxylic acids is 1. The van der Waals surface area contributed by atoms with Gasteiger partial charge < -0.3 is 5.11 Å². The number of carboxylic acids is 1. The Kier molecular flexibility index (Phi) is 3.93. The second-order valence-corrected chi connectivity index (χ2v) is 4.37. The van der Waals surface area contributed by atoms with E-state index in [9.17, 15) is 18.8 Å². The van der Waals surface area contributed by atoms with Gasteiger partial charge in [0.2, 0.25) is 5.91 Å². The predicted octanol–water partition coefficient (Wildman–Crippen LogP) is 2.49. The zero-order valence-corrected chi connectivity index (χ0v) is 10.5. The van der Waals surface area contributed by atoms with Gasteiger partial charge >= 0.3 is 5.97 Å². The van der Waals surface area contributed by atoms with Gasteiger partial charge in [0.15, 0.2) is 6.29 Å². The van der Waals surface area contributed by atoms with Gasteiger partial charge in [-0.1, -0.05) is 0 Å². The van der Waals surface area contributed by atoms with Crippen molar-refractivity contribution < 1.29 is 23.9 Å². The minimum atomic E-state index is -0.967. The smallest absolute Gasteiger partial charge is 0.303 e. The Morgan fingerprint density at radius 3 is 2.70 bits per heavy atom. The lowest BCUT2D eigenvalue weighted by Gasteiger charge is -2.03. The van der Waals surface area contributed by atoms with Crippen LogP contribution in [0, 0.1) is 5.82 Å². The fraction of sp³-hybridized carbons (Fsp3) is 0.214. The van der Waals surface area contributed by atoms with E-state index in [0.29, 0.717) is 17.2 Å². The summed E-state index contributed by atoms with van der Waals surface area (Å²) in [5.74, 6) is -1.78. The molecule has 1 N–H and O–H groups in total. The van der Waals surface area contributed by atoms with Gasteiger partial charge in [0.1, 0.15) is 5.82 Å². The molecule has 1 aromatic heterocycles. The van der Waals surface area contributed by atoms with E-state index in [1.165, 1.54) is 29.0 Å². The Morgan fingerprint density at radius 1 is 1.30 bits per heavy atom. The van der Waals surface area contributed by atoms with Crippen molar-refractivity contribution >= 4 is 29.1 Å². The normalized spacial score (nSPS) is 10.7. The van der Waals surface area contributed by atoms with Crippen LogP contribution in [0.5, 0.6) is 0 Å². The number of aldehydes is 1. The summed E-state index contributed by atoms with van der Waals surface area (Å²) in [5.41, 5.74) is 0.667. The number of nitrogens with zero attached hydrogens (tertiary/aromatic N) is 1. The van der Waals surface area contributed by atoms with E-state index in [1.54, 1.807) is 0 Å². The average molecular weight is 277 g/mol. The third-order valence-corrected chi connectivity index (χ3v) is 2.97. The second-order valence-electron chi connectivity index (χ2n) is 4.37. The molecule has 1 heterocycles. The first-order valence-electron chi connectivity index (χ1n) is 6.03. The highest BCUT2D eigenvalue weighted by Crippen LogP contribution is 2.22. The molecule has 6 heteroatoms. The molecule has 1 aromatic carbocycles. The maximum atomic E-state index is 13.2. The Balaban J connectivity index is 2.32. The van der Waals surface area contributed by atoms with E-state index in [-0.39, 0.29) is 30.7 Å². The van der Waals surface area contributed by atoms with Crippen molar-refractivity contribution in [3.05, 3.63) is 35.8 Å². The Hall–Kier alpha value is -2.50. The minimum Gasteiger partial charge on any atom is -0.481 e. The summed E-state index contributed by atoms with van der Waals surface area (Å²) in [5, 5.41) is 8.90. The Labute approximate surface area is 113 Å². The lowest BCUT2D eigenvalue weighted by Crippen LogP contribution is -2.09. The number of carboxylic acid groups (broad SMARTS) is 1. The van der Waals surface area contributed by atoms with Gasteiger partial charge in [-0.05, 0) is 24.6 Å². The van der Waals surface area contributed by atoms with Gasteiger partial charge in [-0.2, -0.15) is 0 Å². The summed E-state index contributed by atoms with van der Waals surface area (Å²) in [4.78, 5) is 33.4. The van der Waals surface area contributed by atoms with Crippen LogP contribution in [0.4, 0.5) is 4.39 Å². The molecule has 0 atom stereocenters. The van der Waals surface area contributed by atoms with E-state index < -0.39 is 11.8 Å². The van der Waals surface area contributed by atoms with Crippen LogP contribution in [0.3, 0.4) is 0 Å². The Bertz CT molecular complexity index is 690. The van der Waals surface area contributed by atoms with Crippen LogP contribution in [-0.2, 0) is 4.79 Å². The van der Waals surface area contributed by atoms with Gasteiger partial charge in [-0.15, -0.1) is 0 Å². The summed E-state index contributed by atoms with van der Waals surface area (Å²) < 4.78 is 14.4. The van der Waals surface area contributed by atoms with Gasteiger partial charge in [-0.3, -0.25) is 19.0 Å². The van der Waals surface area contributed by atoms with Crippen molar-refractivity contribution in [3.63, 3.8) is 0 Å². The van der Waals surface area contributed by atoms with Crippen molar-refractivity contribution in [3.8, 4) is 0 Å². The molecule has 0 aliphatic rings. The molecule has 0 bridgehead atoms. The lowest BCUT2D eigenvalue weighted by molar-refractivity contribution is -0.137. The highest BCUT2D eigenvalue weighted by Gasteiger charge is 2.14. The quantitative estimate of drug-likeness (QED) is 0.852. The third-order valence-electron chi connectivity index (χ3n) is 2.97. The highest BCUT2D eigenvalue weighted by molar-refractivity contribution is 6.02. The van der Waals surface area contributed by atoms with Gasteiger partial charge in [0, 0.05) is 30.0 Å². The molecule has 0 amide bonds. The topological polar surface area (TPSA) is 76.4 Å². The number of rotatable bonds is 5. The van der Waals surface area contributed by atoms with Crippen molar-refractivity contribution in [1.82, 2.24) is 4.57 Å². The molecular weight excluding hydrogens is 265 g/mol. The van der Waals surface area contributed by atoms with Gasteiger partial charge in [0.25, 0.3) is 0 Å². The maximum Gasteiger partial charge on any atom is 0.303 e. The number of benzene rings is 1. The molecule has 2 aromatic rings. The fourth-order valence-electron chi connectivity index (χ4n) is 2.04. The second kappa shape index (κ2) is 5.64. The predicted molar refractivity (Wildman–Crippen MR) is 69.4 cm³/mol. The minimum absolute atomic E-state index is 0.0474. The molecule has 0 aliphatic heterocycles. The van der Waals surface area contributed by atoms with Crippen LogP contribution in [0.2, 0.25) is 0 Å². The van der Waals surface area contributed by atoms with Crippen molar-refractivity contribution in [1.29, 1.82) is 0 Å². The highest BCUT2D eigenvalue weighted by atomic mass is 19.1. The molecule has 0 fully saturated rings. The zero-order valence-electron chi connectivity index (χ0n) is 10.5. The van der Waals surface area contributed by atoms with Crippen LogP contribution in [0.1, 0.15) is 34.4 Å².